The highest BCUT2D eigenvalue weighted by atomic mass is 35.5. The van der Waals surface area contributed by atoms with E-state index in [2.05, 4.69) is 4.98 Å². The first-order chi connectivity index (χ1) is 5.04. The van der Waals surface area contributed by atoms with E-state index >= 15 is 0 Å². The molecular weight excluding hydrogens is 222 g/mol. The molecule has 0 atom stereocenters. The summed E-state index contributed by atoms with van der Waals surface area (Å²) in [5.74, 6) is 0. The van der Waals surface area contributed by atoms with E-state index in [1.807, 2.05) is 0 Å². The van der Waals surface area contributed by atoms with E-state index < -0.39 is 0 Å². The van der Waals surface area contributed by atoms with Crippen LogP contribution in [0.4, 0.5) is 17.1 Å². The molecule has 6 N–H and O–H groups in total. The van der Waals surface area contributed by atoms with Gasteiger partial charge < -0.3 is 17.2 Å². The smallest absolute Gasteiger partial charge is 0.155 e. The summed E-state index contributed by atoms with van der Waals surface area (Å²) in [5.41, 5.74) is 16.7. The number of hydrogen-bond donors (Lipinski definition) is 3. The van der Waals surface area contributed by atoms with Gasteiger partial charge in [-0.1, -0.05) is 23.2 Å². The molecule has 0 radical (unpaired) electrons. The normalized spacial score (nSPS) is 9.17. The Bertz CT molecular complexity index is 275. The maximum atomic E-state index is 5.54. The minimum absolute atomic E-state index is 0. The molecular formula is C5H7Cl3N4. The number of nitrogen functional groups attached to an aromatic ring is 3. The first-order valence-electron chi connectivity index (χ1n) is 2.69. The third kappa shape index (κ3) is 1.77. The Morgan fingerprint density at radius 1 is 0.833 bits per heavy atom. The van der Waals surface area contributed by atoms with Crippen LogP contribution in [0.2, 0.25) is 10.3 Å². The van der Waals surface area contributed by atoms with Crippen molar-refractivity contribution in [2.45, 2.75) is 0 Å². The SMILES string of the molecule is Cl.Nc1c(Cl)nc(Cl)c(N)c1N. The Balaban J connectivity index is 0.00000121. The van der Waals surface area contributed by atoms with Crippen LogP contribution in [-0.4, -0.2) is 4.98 Å². The van der Waals surface area contributed by atoms with E-state index in [1.54, 1.807) is 0 Å². The molecule has 1 rings (SSSR count). The van der Waals surface area contributed by atoms with Gasteiger partial charge in [-0.05, 0) is 0 Å². The summed E-state index contributed by atoms with van der Waals surface area (Å²) in [6.45, 7) is 0. The van der Waals surface area contributed by atoms with Gasteiger partial charge in [0.15, 0.2) is 10.3 Å². The number of nitrogens with two attached hydrogens (primary N) is 3. The molecule has 1 heterocycles. The summed E-state index contributed by atoms with van der Waals surface area (Å²) in [6.07, 6.45) is 0. The fourth-order valence-corrected chi connectivity index (χ4v) is 0.990. The molecule has 7 heteroatoms. The van der Waals surface area contributed by atoms with Crippen molar-refractivity contribution < 1.29 is 0 Å². The molecule has 0 aliphatic heterocycles. The standard InChI is InChI=1S/C5H6Cl2N4.ClH/c6-4-2(9)1(8)3(10)5(7)11-4;/h9-10H2,(H2,8,11);1H. The zero-order valence-corrected chi connectivity index (χ0v) is 8.17. The van der Waals surface area contributed by atoms with Gasteiger partial charge in [-0.15, -0.1) is 12.4 Å². The minimum atomic E-state index is 0. The molecule has 4 nitrogen and oxygen atoms in total. The number of nitrogens with zero attached hydrogens (tertiary/aromatic N) is 1. The maximum Gasteiger partial charge on any atom is 0.155 e. The summed E-state index contributed by atoms with van der Waals surface area (Å²) in [5, 5.41) is 0.142. The van der Waals surface area contributed by atoms with Crippen LogP contribution in [0.3, 0.4) is 0 Å². The summed E-state index contributed by atoms with van der Waals surface area (Å²) in [6, 6.07) is 0. The zero-order chi connectivity index (χ0) is 8.59. The van der Waals surface area contributed by atoms with Crippen molar-refractivity contribution in [2.24, 2.45) is 0 Å². The van der Waals surface area contributed by atoms with E-state index in [9.17, 15) is 0 Å². The van der Waals surface area contributed by atoms with E-state index in [4.69, 9.17) is 40.4 Å². The molecule has 0 saturated carbocycles. The molecule has 12 heavy (non-hydrogen) atoms. The van der Waals surface area contributed by atoms with Crippen LogP contribution in [-0.2, 0) is 0 Å². The van der Waals surface area contributed by atoms with Gasteiger partial charge in [0.1, 0.15) is 0 Å². The second-order valence-corrected chi connectivity index (χ2v) is 2.65. The van der Waals surface area contributed by atoms with Crippen molar-refractivity contribution in [3.63, 3.8) is 0 Å². The lowest BCUT2D eigenvalue weighted by molar-refractivity contribution is 1.34. The van der Waals surface area contributed by atoms with Crippen LogP contribution >= 0.6 is 35.6 Å². The number of pyridine rings is 1. The van der Waals surface area contributed by atoms with Crippen LogP contribution in [0.5, 0.6) is 0 Å². The topological polar surface area (TPSA) is 90.9 Å². The van der Waals surface area contributed by atoms with Gasteiger partial charge in [-0.3, -0.25) is 0 Å². The molecule has 1 aromatic heterocycles. The van der Waals surface area contributed by atoms with Gasteiger partial charge in [-0.25, -0.2) is 4.98 Å². The van der Waals surface area contributed by atoms with Crippen molar-refractivity contribution in [1.82, 2.24) is 4.98 Å². The van der Waals surface area contributed by atoms with Crippen LogP contribution in [0, 0.1) is 0 Å². The van der Waals surface area contributed by atoms with E-state index in [0.717, 1.165) is 0 Å². The Labute approximate surface area is 85.4 Å². The molecule has 0 unspecified atom stereocenters. The first-order valence-corrected chi connectivity index (χ1v) is 3.45. The lowest BCUT2D eigenvalue weighted by atomic mass is 10.3. The lowest BCUT2D eigenvalue weighted by Gasteiger charge is -2.05. The van der Waals surface area contributed by atoms with Crippen LogP contribution in [0.25, 0.3) is 0 Å². The molecule has 1 aromatic rings. The van der Waals surface area contributed by atoms with Gasteiger partial charge in [-0.2, -0.15) is 0 Å². The highest BCUT2D eigenvalue weighted by Gasteiger charge is 2.09. The fraction of sp³-hybridized carbons (Fsp3) is 0. The van der Waals surface area contributed by atoms with E-state index in [0.29, 0.717) is 0 Å². The molecule has 0 spiro atoms. The van der Waals surface area contributed by atoms with E-state index in [1.165, 1.54) is 0 Å². The molecule has 0 aliphatic carbocycles. The summed E-state index contributed by atoms with van der Waals surface area (Å²) in [4.78, 5) is 3.63. The summed E-state index contributed by atoms with van der Waals surface area (Å²) >= 11 is 11.1. The predicted octanol–water partition coefficient (Wildman–Crippen LogP) is 1.56. The van der Waals surface area contributed by atoms with Crippen molar-refractivity contribution in [2.75, 3.05) is 17.2 Å². The second kappa shape index (κ2) is 3.89. The van der Waals surface area contributed by atoms with Gasteiger partial charge >= 0.3 is 0 Å². The molecule has 0 aromatic carbocycles. The largest absolute Gasteiger partial charge is 0.395 e. The maximum absolute atomic E-state index is 5.54. The van der Waals surface area contributed by atoms with Gasteiger partial charge in [0, 0.05) is 0 Å². The zero-order valence-electron chi connectivity index (χ0n) is 5.84. The van der Waals surface area contributed by atoms with Crippen LogP contribution in [0.15, 0.2) is 0 Å². The number of halogens is 3. The summed E-state index contributed by atoms with van der Waals surface area (Å²) < 4.78 is 0. The minimum Gasteiger partial charge on any atom is -0.395 e. The molecule has 0 aliphatic rings. The van der Waals surface area contributed by atoms with Gasteiger partial charge in [0.2, 0.25) is 0 Å². The second-order valence-electron chi connectivity index (χ2n) is 1.93. The van der Waals surface area contributed by atoms with Crippen molar-refractivity contribution >= 4 is 52.7 Å². The first kappa shape index (κ1) is 11.4. The molecule has 0 saturated heterocycles. The Morgan fingerprint density at radius 2 is 1.17 bits per heavy atom. The quantitative estimate of drug-likeness (QED) is 0.589. The highest BCUT2D eigenvalue weighted by Crippen LogP contribution is 2.32. The van der Waals surface area contributed by atoms with Crippen molar-refractivity contribution in [1.29, 1.82) is 0 Å². The Kier molecular flexibility index (Phi) is 3.70. The average Bonchev–Trinajstić information content (AvgIpc) is 1.97. The molecule has 0 amide bonds. The third-order valence-corrected chi connectivity index (χ3v) is 1.80. The van der Waals surface area contributed by atoms with Crippen LogP contribution in [0.1, 0.15) is 0 Å². The number of aromatic nitrogens is 1. The van der Waals surface area contributed by atoms with E-state index in [-0.39, 0.29) is 39.8 Å². The highest BCUT2D eigenvalue weighted by molar-refractivity contribution is 6.36. The Hall–Kier alpha value is -0.580. The van der Waals surface area contributed by atoms with Crippen molar-refractivity contribution in [3.8, 4) is 0 Å². The molecule has 0 fully saturated rings. The lowest BCUT2D eigenvalue weighted by Crippen LogP contribution is -2.03. The van der Waals surface area contributed by atoms with Gasteiger partial charge in [0.05, 0.1) is 17.1 Å². The third-order valence-electron chi connectivity index (χ3n) is 1.22. The van der Waals surface area contributed by atoms with Gasteiger partial charge in [0.25, 0.3) is 0 Å². The fourth-order valence-electron chi connectivity index (χ4n) is 0.574. The summed E-state index contributed by atoms with van der Waals surface area (Å²) in [7, 11) is 0. The number of hydrogen-bond acceptors (Lipinski definition) is 4. The average molecular weight is 229 g/mol. The van der Waals surface area contributed by atoms with Crippen molar-refractivity contribution in [3.05, 3.63) is 10.3 Å². The predicted molar refractivity (Wildman–Crippen MR) is 54.7 cm³/mol. The molecule has 68 valence electrons. The number of rotatable bonds is 0. The number of anilines is 3. The molecule has 0 bridgehead atoms. The Morgan fingerprint density at radius 3 is 1.50 bits per heavy atom. The van der Waals surface area contributed by atoms with Crippen LogP contribution < -0.4 is 17.2 Å². The monoisotopic (exact) mass is 228 g/mol.